The number of thioether (sulfide) groups is 1. The van der Waals surface area contributed by atoms with Gasteiger partial charge in [0, 0.05) is 30.3 Å². The molecule has 1 heterocycles. The third-order valence-corrected chi connectivity index (χ3v) is 5.03. The summed E-state index contributed by atoms with van der Waals surface area (Å²) < 4.78 is 4.92. The van der Waals surface area contributed by atoms with Crippen LogP contribution in [0.3, 0.4) is 0 Å². The number of hydrogen-bond acceptors (Lipinski definition) is 5. The minimum atomic E-state index is -0.0103. The average Bonchev–Trinajstić information content (AvgIpc) is 3.04. The zero-order valence-electron chi connectivity index (χ0n) is 12.4. The monoisotopic (exact) mass is 297 g/mol. The fraction of sp³-hybridized carbons (Fsp3) is 0.714. The van der Waals surface area contributed by atoms with Gasteiger partial charge in [-0.3, -0.25) is 4.79 Å². The lowest BCUT2D eigenvalue weighted by atomic mass is 10.2. The Hall–Kier alpha value is -1.01. The summed E-state index contributed by atoms with van der Waals surface area (Å²) in [5.41, 5.74) is 0. The van der Waals surface area contributed by atoms with Crippen LogP contribution in [0.4, 0.5) is 5.82 Å². The molecule has 1 amide bonds. The quantitative estimate of drug-likeness (QED) is 0.874. The maximum Gasteiger partial charge on any atom is 0.226 e. The molecule has 0 bridgehead atoms. The first-order valence-corrected chi connectivity index (χ1v) is 8.35. The van der Waals surface area contributed by atoms with E-state index in [1.165, 1.54) is 19.3 Å². The number of nitrogens with one attached hydrogen (secondary N) is 1. The van der Waals surface area contributed by atoms with Gasteiger partial charge in [0.05, 0.1) is 0 Å². The van der Waals surface area contributed by atoms with E-state index >= 15 is 0 Å². The topological polar surface area (TPSA) is 58.4 Å². The Morgan fingerprint density at radius 2 is 2.40 bits per heavy atom. The summed E-state index contributed by atoms with van der Waals surface area (Å²) in [6.45, 7) is 2.59. The molecule has 0 saturated heterocycles. The number of carbonyl (C=O) groups excluding carboxylic acids is 1. The van der Waals surface area contributed by atoms with E-state index in [-0.39, 0.29) is 5.91 Å². The SMILES string of the molecule is CS[C@H]1CCC[C@@H]1N(C)CCC(=O)Nc1cc(C)on1. The van der Waals surface area contributed by atoms with Gasteiger partial charge >= 0.3 is 0 Å². The summed E-state index contributed by atoms with van der Waals surface area (Å²) in [4.78, 5) is 14.2. The van der Waals surface area contributed by atoms with Crippen LogP contribution in [0.2, 0.25) is 0 Å². The van der Waals surface area contributed by atoms with Crippen LogP contribution in [-0.4, -0.2) is 47.1 Å². The molecule has 0 spiro atoms. The zero-order valence-corrected chi connectivity index (χ0v) is 13.2. The molecule has 0 aromatic carbocycles. The molecule has 1 aliphatic carbocycles. The predicted molar refractivity (Wildman–Crippen MR) is 82.1 cm³/mol. The number of aromatic nitrogens is 1. The Bertz CT molecular complexity index is 449. The molecule has 1 aliphatic rings. The first-order valence-electron chi connectivity index (χ1n) is 7.06. The maximum atomic E-state index is 11.9. The van der Waals surface area contributed by atoms with Gasteiger partial charge in [0.1, 0.15) is 5.76 Å². The van der Waals surface area contributed by atoms with Gasteiger partial charge in [-0.1, -0.05) is 11.6 Å². The van der Waals surface area contributed by atoms with Gasteiger partial charge in [0.25, 0.3) is 0 Å². The van der Waals surface area contributed by atoms with Crippen molar-refractivity contribution in [3.63, 3.8) is 0 Å². The molecule has 20 heavy (non-hydrogen) atoms. The first kappa shape index (κ1) is 15.4. The minimum Gasteiger partial charge on any atom is -0.360 e. The van der Waals surface area contributed by atoms with Crippen LogP contribution in [0.5, 0.6) is 0 Å². The molecule has 1 aromatic heterocycles. The summed E-state index contributed by atoms with van der Waals surface area (Å²) in [7, 11) is 2.12. The smallest absolute Gasteiger partial charge is 0.226 e. The average molecular weight is 297 g/mol. The van der Waals surface area contributed by atoms with E-state index in [9.17, 15) is 4.79 Å². The third-order valence-electron chi connectivity index (χ3n) is 3.87. The van der Waals surface area contributed by atoms with Crippen molar-refractivity contribution in [2.24, 2.45) is 0 Å². The van der Waals surface area contributed by atoms with Crippen molar-refractivity contribution in [2.75, 3.05) is 25.2 Å². The lowest BCUT2D eigenvalue weighted by Crippen LogP contribution is -2.37. The first-order chi connectivity index (χ1) is 9.60. The highest BCUT2D eigenvalue weighted by atomic mass is 32.2. The predicted octanol–water partition coefficient (Wildman–Crippen LogP) is 2.53. The van der Waals surface area contributed by atoms with Gasteiger partial charge in [0.2, 0.25) is 5.91 Å². The second-order valence-electron chi connectivity index (χ2n) is 5.37. The maximum absolute atomic E-state index is 11.9. The molecule has 0 aliphatic heterocycles. The standard InChI is InChI=1S/C14H23N3O2S/c1-10-9-13(16-19-10)15-14(18)7-8-17(2)11-5-4-6-12(11)20-3/h9,11-12H,4-8H2,1-3H3,(H,15,16,18)/t11-,12-/m0/s1. The van der Waals surface area contributed by atoms with Gasteiger partial charge in [-0.25, -0.2) is 0 Å². The Labute approximate surface area is 124 Å². The van der Waals surface area contributed by atoms with Gasteiger partial charge in [0.15, 0.2) is 5.82 Å². The number of nitrogens with zero attached hydrogens (tertiary/aromatic N) is 2. The summed E-state index contributed by atoms with van der Waals surface area (Å²) in [6.07, 6.45) is 6.49. The molecular weight excluding hydrogens is 274 g/mol. The molecular formula is C14H23N3O2S. The normalized spacial score (nSPS) is 22.4. The summed E-state index contributed by atoms with van der Waals surface area (Å²) in [5.74, 6) is 1.19. The van der Waals surface area contributed by atoms with Gasteiger partial charge in [-0.05, 0) is 33.1 Å². The highest BCUT2D eigenvalue weighted by molar-refractivity contribution is 7.99. The van der Waals surface area contributed by atoms with E-state index in [1.54, 1.807) is 13.0 Å². The summed E-state index contributed by atoms with van der Waals surface area (Å²) >= 11 is 1.94. The second-order valence-corrected chi connectivity index (χ2v) is 6.45. The van der Waals surface area contributed by atoms with Crippen molar-refractivity contribution in [3.8, 4) is 0 Å². The van der Waals surface area contributed by atoms with E-state index in [2.05, 4.69) is 28.7 Å². The van der Waals surface area contributed by atoms with Crippen molar-refractivity contribution >= 4 is 23.5 Å². The van der Waals surface area contributed by atoms with E-state index in [0.29, 0.717) is 29.3 Å². The number of amides is 1. The van der Waals surface area contributed by atoms with E-state index in [0.717, 1.165) is 6.54 Å². The second kappa shape index (κ2) is 7.13. The number of carbonyl (C=O) groups is 1. The molecule has 1 aromatic rings. The number of aryl methyl sites for hydroxylation is 1. The summed E-state index contributed by atoms with van der Waals surface area (Å²) in [5, 5.41) is 7.23. The van der Waals surface area contributed by atoms with Crippen molar-refractivity contribution in [1.82, 2.24) is 10.1 Å². The van der Waals surface area contributed by atoms with Crippen LogP contribution in [0.15, 0.2) is 10.6 Å². The number of rotatable bonds is 6. The van der Waals surface area contributed by atoms with Crippen LogP contribution < -0.4 is 5.32 Å². The molecule has 1 N–H and O–H groups in total. The van der Waals surface area contributed by atoms with E-state index in [4.69, 9.17) is 4.52 Å². The molecule has 0 radical (unpaired) electrons. The lowest BCUT2D eigenvalue weighted by Gasteiger charge is -2.28. The largest absolute Gasteiger partial charge is 0.360 e. The Kier molecular flexibility index (Phi) is 5.48. The highest BCUT2D eigenvalue weighted by Gasteiger charge is 2.29. The fourth-order valence-corrected chi connectivity index (χ4v) is 3.82. The van der Waals surface area contributed by atoms with Crippen LogP contribution in [-0.2, 0) is 4.79 Å². The third kappa shape index (κ3) is 3.99. The molecule has 1 saturated carbocycles. The van der Waals surface area contributed by atoms with E-state index in [1.807, 2.05) is 11.8 Å². The number of hydrogen-bond donors (Lipinski definition) is 1. The van der Waals surface area contributed by atoms with Gasteiger partial charge < -0.3 is 14.7 Å². The van der Waals surface area contributed by atoms with Crippen molar-refractivity contribution in [3.05, 3.63) is 11.8 Å². The van der Waals surface area contributed by atoms with Gasteiger partial charge in [-0.2, -0.15) is 11.8 Å². The molecule has 112 valence electrons. The highest BCUT2D eigenvalue weighted by Crippen LogP contribution is 2.31. The molecule has 5 nitrogen and oxygen atoms in total. The van der Waals surface area contributed by atoms with Gasteiger partial charge in [-0.15, -0.1) is 0 Å². The molecule has 2 atom stereocenters. The van der Waals surface area contributed by atoms with Crippen molar-refractivity contribution in [1.29, 1.82) is 0 Å². The Morgan fingerprint density at radius 1 is 1.60 bits per heavy atom. The molecule has 2 rings (SSSR count). The Balaban J connectivity index is 1.75. The lowest BCUT2D eigenvalue weighted by molar-refractivity contribution is -0.116. The zero-order chi connectivity index (χ0) is 14.5. The Morgan fingerprint density at radius 3 is 3.05 bits per heavy atom. The molecule has 6 heteroatoms. The van der Waals surface area contributed by atoms with Crippen molar-refractivity contribution < 1.29 is 9.32 Å². The van der Waals surface area contributed by atoms with Crippen LogP contribution >= 0.6 is 11.8 Å². The van der Waals surface area contributed by atoms with Crippen LogP contribution in [0.1, 0.15) is 31.4 Å². The summed E-state index contributed by atoms with van der Waals surface area (Å²) in [6, 6.07) is 2.33. The van der Waals surface area contributed by atoms with Crippen molar-refractivity contribution in [2.45, 2.75) is 43.9 Å². The fourth-order valence-electron chi connectivity index (χ4n) is 2.76. The molecule has 1 fully saturated rings. The molecule has 0 unspecified atom stereocenters. The van der Waals surface area contributed by atoms with Crippen LogP contribution in [0, 0.1) is 6.92 Å². The minimum absolute atomic E-state index is 0.0103. The van der Waals surface area contributed by atoms with Crippen LogP contribution in [0.25, 0.3) is 0 Å². The van der Waals surface area contributed by atoms with E-state index < -0.39 is 0 Å². The number of anilines is 1.